The maximum Gasteiger partial charge on any atom is 0.573 e. The van der Waals surface area contributed by atoms with E-state index in [-0.39, 0.29) is 23.0 Å². The van der Waals surface area contributed by atoms with E-state index < -0.39 is 12.4 Å². The third-order valence-electron chi connectivity index (χ3n) is 5.92. The standard InChI is InChI=1S/C25H22F3N5O2S/c1-14-7-5-8-16(13-14)21-20(29-15(2)36-21)24(34)33-12-6-10-18(33)23-30-22(31-32-23)17-9-3-4-11-19(17)35-25(26,27)28/h3-5,7-9,11,13,18H,6,10,12H2,1-2H3,(H,30,31,32). The highest BCUT2D eigenvalue weighted by Gasteiger charge is 2.36. The van der Waals surface area contributed by atoms with Crippen LogP contribution in [0.1, 0.15) is 45.8 Å². The predicted octanol–water partition coefficient (Wildman–Crippen LogP) is 6.09. The Bertz CT molecular complexity index is 1410. The number of ether oxygens (including phenoxy) is 1. The number of H-pyrrole nitrogens is 1. The first-order valence-corrected chi connectivity index (χ1v) is 12.1. The van der Waals surface area contributed by atoms with Crippen LogP contribution in [0.2, 0.25) is 0 Å². The molecule has 11 heteroatoms. The molecular weight excluding hydrogens is 491 g/mol. The third-order valence-corrected chi connectivity index (χ3v) is 6.94. The zero-order valence-electron chi connectivity index (χ0n) is 19.5. The van der Waals surface area contributed by atoms with Gasteiger partial charge in [-0.15, -0.1) is 34.7 Å². The van der Waals surface area contributed by atoms with E-state index in [1.165, 1.54) is 29.5 Å². The van der Waals surface area contributed by atoms with Crippen molar-refractivity contribution in [1.82, 2.24) is 25.1 Å². The Labute approximate surface area is 209 Å². The van der Waals surface area contributed by atoms with E-state index in [0.717, 1.165) is 27.4 Å². The summed E-state index contributed by atoms with van der Waals surface area (Å²) < 4.78 is 42.7. The largest absolute Gasteiger partial charge is 0.573 e. The number of benzene rings is 2. The van der Waals surface area contributed by atoms with Crippen LogP contribution in [-0.2, 0) is 0 Å². The number of aromatic nitrogens is 4. The molecule has 3 heterocycles. The van der Waals surface area contributed by atoms with E-state index in [4.69, 9.17) is 0 Å². The lowest BCUT2D eigenvalue weighted by atomic mass is 10.1. The van der Waals surface area contributed by atoms with Crippen LogP contribution in [0.3, 0.4) is 0 Å². The van der Waals surface area contributed by atoms with Gasteiger partial charge in [0.2, 0.25) is 0 Å². The molecule has 1 amide bonds. The molecular formula is C25H22F3N5O2S. The Morgan fingerprint density at radius 2 is 1.94 bits per heavy atom. The molecule has 2 aromatic heterocycles. The number of hydrogen-bond donors (Lipinski definition) is 1. The van der Waals surface area contributed by atoms with Gasteiger partial charge < -0.3 is 14.6 Å². The number of alkyl halides is 3. The molecule has 0 saturated carbocycles. The van der Waals surface area contributed by atoms with Crippen molar-refractivity contribution in [2.75, 3.05) is 6.54 Å². The number of hydrogen-bond acceptors (Lipinski definition) is 6. The monoisotopic (exact) mass is 513 g/mol. The number of para-hydroxylation sites is 1. The van der Waals surface area contributed by atoms with Gasteiger partial charge in [0.25, 0.3) is 5.91 Å². The van der Waals surface area contributed by atoms with E-state index in [1.54, 1.807) is 11.0 Å². The van der Waals surface area contributed by atoms with Crippen LogP contribution in [0.5, 0.6) is 5.75 Å². The molecule has 1 aliphatic heterocycles. The Morgan fingerprint density at radius 1 is 1.14 bits per heavy atom. The number of aryl methyl sites for hydroxylation is 2. The molecule has 1 aliphatic rings. The first kappa shape index (κ1) is 24.0. The summed E-state index contributed by atoms with van der Waals surface area (Å²) >= 11 is 1.47. The van der Waals surface area contributed by atoms with Crippen molar-refractivity contribution in [2.45, 2.75) is 39.1 Å². The zero-order valence-corrected chi connectivity index (χ0v) is 20.3. The summed E-state index contributed by atoms with van der Waals surface area (Å²) in [5.41, 5.74) is 2.53. The van der Waals surface area contributed by atoms with Gasteiger partial charge in [0.05, 0.1) is 21.5 Å². The highest BCUT2D eigenvalue weighted by Crippen LogP contribution is 2.37. The highest BCUT2D eigenvalue weighted by atomic mass is 32.1. The number of carbonyl (C=O) groups excluding carboxylic acids is 1. The summed E-state index contributed by atoms with van der Waals surface area (Å²) in [6.45, 7) is 4.37. The van der Waals surface area contributed by atoms with Crippen LogP contribution < -0.4 is 4.74 Å². The SMILES string of the molecule is Cc1cccc(-c2sc(C)nc2C(=O)N2CCCC2c2nnc(-c3ccccc3OC(F)(F)F)[nH]2)c1. The van der Waals surface area contributed by atoms with E-state index in [9.17, 15) is 18.0 Å². The number of aromatic amines is 1. The van der Waals surface area contributed by atoms with Crippen LogP contribution >= 0.6 is 11.3 Å². The molecule has 4 aromatic rings. The van der Waals surface area contributed by atoms with Gasteiger partial charge in [0.15, 0.2) is 11.6 Å². The van der Waals surface area contributed by atoms with Gasteiger partial charge in [-0.1, -0.05) is 42.0 Å². The number of thiazole rings is 1. The minimum absolute atomic E-state index is 0.126. The van der Waals surface area contributed by atoms with Crippen LogP contribution in [0.4, 0.5) is 13.2 Å². The number of rotatable bonds is 5. The Morgan fingerprint density at radius 3 is 2.72 bits per heavy atom. The number of likely N-dealkylation sites (tertiary alicyclic amines) is 1. The number of amides is 1. The Balaban J connectivity index is 1.44. The first-order valence-electron chi connectivity index (χ1n) is 11.3. The molecule has 2 aromatic carbocycles. The molecule has 1 N–H and O–H groups in total. The summed E-state index contributed by atoms with van der Waals surface area (Å²) in [5, 5.41) is 9.03. The molecule has 0 aliphatic carbocycles. The summed E-state index contributed by atoms with van der Waals surface area (Å²) in [6, 6.07) is 13.2. The maximum atomic E-state index is 13.7. The fraction of sp³-hybridized carbons (Fsp3) is 0.280. The third kappa shape index (κ3) is 4.83. The number of carbonyl (C=O) groups is 1. The lowest BCUT2D eigenvalue weighted by Gasteiger charge is -2.22. The van der Waals surface area contributed by atoms with Crippen LogP contribution in [0.15, 0.2) is 48.5 Å². The lowest BCUT2D eigenvalue weighted by molar-refractivity contribution is -0.274. The summed E-state index contributed by atoms with van der Waals surface area (Å²) in [6.07, 6.45) is -3.44. The van der Waals surface area contributed by atoms with Crippen molar-refractivity contribution in [3.8, 4) is 27.6 Å². The van der Waals surface area contributed by atoms with Gasteiger partial charge >= 0.3 is 6.36 Å². The molecule has 0 radical (unpaired) electrons. The highest BCUT2D eigenvalue weighted by molar-refractivity contribution is 7.15. The fourth-order valence-corrected chi connectivity index (χ4v) is 5.31. The molecule has 5 rings (SSSR count). The molecule has 0 spiro atoms. The normalized spacial score (nSPS) is 15.9. The van der Waals surface area contributed by atoms with E-state index in [1.807, 2.05) is 38.1 Å². The van der Waals surface area contributed by atoms with Crippen molar-refractivity contribution in [2.24, 2.45) is 0 Å². The van der Waals surface area contributed by atoms with Gasteiger partial charge in [0, 0.05) is 6.54 Å². The predicted molar refractivity (Wildman–Crippen MR) is 129 cm³/mol. The van der Waals surface area contributed by atoms with Gasteiger partial charge in [-0.05, 0) is 44.4 Å². The van der Waals surface area contributed by atoms with Gasteiger partial charge in [-0.2, -0.15) is 0 Å². The fourth-order valence-electron chi connectivity index (χ4n) is 4.41. The van der Waals surface area contributed by atoms with Crippen molar-refractivity contribution >= 4 is 17.2 Å². The Kier molecular flexibility index (Phi) is 6.25. The van der Waals surface area contributed by atoms with Crippen molar-refractivity contribution in [1.29, 1.82) is 0 Å². The van der Waals surface area contributed by atoms with Gasteiger partial charge in [0.1, 0.15) is 11.4 Å². The minimum atomic E-state index is -4.84. The molecule has 1 atom stereocenters. The summed E-state index contributed by atoms with van der Waals surface area (Å²) in [7, 11) is 0. The lowest BCUT2D eigenvalue weighted by Crippen LogP contribution is -2.31. The van der Waals surface area contributed by atoms with Crippen LogP contribution in [0, 0.1) is 13.8 Å². The van der Waals surface area contributed by atoms with Crippen molar-refractivity contribution < 1.29 is 22.7 Å². The second-order valence-electron chi connectivity index (χ2n) is 8.54. The average Bonchev–Trinajstić information content (AvgIpc) is 3.57. The zero-order chi connectivity index (χ0) is 25.4. The smallest absolute Gasteiger partial charge is 0.405 e. The summed E-state index contributed by atoms with van der Waals surface area (Å²) in [4.78, 5) is 23.7. The number of halogens is 3. The first-order chi connectivity index (χ1) is 17.2. The van der Waals surface area contributed by atoms with E-state index in [0.29, 0.717) is 24.5 Å². The minimum Gasteiger partial charge on any atom is -0.405 e. The number of nitrogens with zero attached hydrogens (tertiary/aromatic N) is 4. The average molecular weight is 514 g/mol. The van der Waals surface area contributed by atoms with E-state index >= 15 is 0 Å². The van der Waals surface area contributed by atoms with Crippen molar-refractivity contribution in [3.05, 3.63) is 70.6 Å². The molecule has 0 bridgehead atoms. The van der Waals surface area contributed by atoms with Gasteiger partial charge in [-0.25, -0.2) is 4.98 Å². The molecule has 1 fully saturated rings. The van der Waals surface area contributed by atoms with Gasteiger partial charge in [-0.3, -0.25) is 4.79 Å². The summed E-state index contributed by atoms with van der Waals surface area (Å²) in [5.74, 6) is -0.0549. The Hall–Kier alpha value is -3.73. The molecule has 1 saturated heterocycles. The second kappa shape index (κ2) is 9.38. The molecule has 1 unspecified atom stereocenters. The molecule has 36 heavy (non-hydrogen) atoms. The molecule has 186 valence electrons. The molecule has 7 nitrogen and oxygen atoms in total. The topological polar surface area (TPSA) is 84.0 Å². The van der Waals surface area contributed by atoms with Crippen LogP contribution in [-0.4, -0.2) is 43.9 Å². The van der Waals surface area contributed by atoms with E-state index in [2.05, 4.69) is 24.9 Å². The van der Waals surface area contributed by atoms with Crippen LogP contribution in [0.25, 0.3) is 21.8 Å². The maximum absolute atomic E-state index is 13.7. The second-order valence-corrected chi connectivity index (χ2v) is 9.74. The number of nitrogens with one attached hydrogen (secondary N) is 1. The quantitative estimate of drug-likeness (QED) is 0.349. The van der Waals surface area contributed by atoms with Crippen molar-refractivity contribution in [3.63, 3.8) is 0 Å².